The van der Waals surface area contributed by atoms with Crippen LogP contribution in [0.25, 0.3) is 10.4 Å². The summed E-state index contributed by atoms with van der Waals surface area (Å²) < 4.78 is 48.6. The molecular weight excluding hydrogens is 336 g/mol. The van der Waals surface area contributed by atoms with Gasteiger partial charge in [-0.1, -0.05) is 6.07 Å². The number of thiazole rings is 1. The van der Waals surface area contributed by atoms with Gasteiger partial charge in [0.1, 0.15) is 0 Å². The predicted molar refractivity (Wildman–Crippen MR) is 78.2 cm³/mol. The average Bonchev–Trinajstić information content (AvgIpc) is 2.86. The van der Waals surface area contributed by atoms with Crippen LogP contribution in [0.15, 0.2) is 29.3 Å². The van der Waals surface area contributed by atoms with Crippen molar-refractivity contribution in [3.63, 3.8) is 0 Å². The number of hydrogen-bond donors (Lipinski definition) is 2. The van der Waals surface area contributed by atoms with E-state index in [1.807, 2.05) is 0 Å². The Morgan fingerprint density at radius 2 is 2.09 bits per heavy atom. The fourth-order valence-electron chi connectivity index (χ4n) is 1.76. The van der Waals surface area contributed by atoms with Crippen molar-refractivity contribution in [3.8, 4) is 10.4 Å². The number of anilines is 1. The number of nitrogens with two attached hydrogens (primary N) is 1. The molecule has 0 unspecified atom stereocenters. The SMILES string of the molecule is CC(=O)Nc1ccc(-c2cnc(C(F)F)s2)c(S(N)(=O)=O)c1. The molecule has 0 saturated heterocycles. The van der Waals surface area contributed by atoms with Gasteiger partial charge in [-0.15, -0.1) is 11.3 Å². The molecule has 0 fully saturated rings. The molecular formula is C12H11F2N3O3S2. The highest BCUT2D eigenvalue weighted by molar-refractivity contribution is 7.89. The lowest BCUT2D eigenvalue weighted by molar-refractivity contribution is -0.114. The van der Waals surface area contributed by atoms with Crippen molar-refractivity contribution in [2.45, 2.75) is 18.2 Å². The number of rotatable bonds is 4. The predicted octanol–water partition coefficient (Wildman–Crippen LogP) is 2.35. The molecule has 0 aliphatic rings. The Bertz CT molecular complexity index is 819. The fourth-order valence-corrected chi connectivity index (χ4v) is 3.41. The van der Waals surface area contributed by atoms with Crippen molar-refractivity contribution in [3.05, 3.63) is 29.4 Å². The van der Waals surface area contributed by atoms with Gasteiger partial charge in [0.05, 0.1) is 9.77 Å². The summed E-state index contributed by atoms with van der Waals surface area (Å²) in [6.07, 6.45) is -1.58. The zero-order valence-corrected chi connectivity index (χ0v) is 12.8. The van der Waals surface area contributed by atoms with Gasteiger partial charge >= 0.3 is 0 Å². The number of carbonyl (C=O) groups excluding carboxylic acids is 1. The molecule has 1 amide bonds. The first-order valence-electron chi connectivity index (χ1n) is 5.87. The third-order valence-electron chi connectivity index (χ3n) is 2.58. The van der Waals surface area contributed by atoms with Crippen molar-refractivity contribution in [1.82, 2.24) is 4.98 Å². The average molecular weight is 347 g/mol. The van der Waals surface area contributed by atoms with Crippen molar-refractivity contribution >= 4 is 33.0 Å². The molecule has 0 radical (unpaired) electrons. The Morgan fingerprint density at radius 1 is 1.41 bits per heavy atom. The molecule has 0 atom stereocenters. The van der Waals surface area contributed by atoms with Gasteiger partial charge in [-0.05, 0) is 12.1 Å². The zero-order chi connectivity index (χ0) is 16.5. The number of amides is 1. The monoisotopic (exact) mass is 347 g/mol. The molecule has 0 aliphatic heterocycles. The van der Waals surface area contributed by atoms with E-state index in [0.717, 1.165) is 6.20 Å². The Labute approximate surface area is 129 Å². The number of alkyl halides is 2. The largest absolute Gasteiger partial charge is 0.326 e. The van der Waals surface area contributed by atoms with E-state index in [2.05, 4.69) is 10.3 Å². The Morgan fingerprint density at radius 3 is 2.59 bits per heavy atom. The summed E-state index contributed by atoms with van der Waals surface area (Å²) in [6.45, 7) is 1.27. The van der Waals surface area contributed by atoms with E-state index in [-0.39, 0.29) is 26.9 Å². The maximum absolute atomic E-state index is 12.6. The van der Waals surface area contributed by atoms with E-state index >= 15 is 0 Å². The molecule has 118 valence electrons. The Kier molecular flexibility index (Phi) is 4.54. The van der Waals surface area contributed by atoms with E-state index in [1.165, 1.54) is 25.1 Å². The van der Waals surface area contributed by atoms with Crippen LogP contribution in [0.4, 0.5) is 14.5 Å². The van der Waals surface area contributed by atoms with Crippen molar-refractivity contribution < 1.29 is 22.0 Å². The van der Waals surface area contributed by atoms with Gasteiger partial charge < -0.3 is 5.32 Å². The van der Waals surface area contributed by atoms with Gasteiger partial charge in [0.15, 0.2) is 5.01 Å². The Balaban J connectivity index is 2.57. The summed E-state index contributed by atoms with van der Waals surface area (Å²) in [6, 6.07) is 4.01. The van der Waals surface area contributed by atoms with Crippen LogP contribution in [-0.2, 0) is 14.8 Å². The van der Waals surface area contributed by atoms with Crippen LogP contribution in [0, 0.1) is 0 Å². The highest BCUT2D eigenvalue weighted by Crippen LogP contribution is 2.35. The topological polar surface area (TPSA) is 102 Å². The van der Waals surface area contributed by atoms with Crippen LogP contribution in [0.1, 0.15) is 18.4 Å². The minimum Gasteiger partial charge on any atom is -0.326 e. The van der Waals surface area contributed by atoms with Crippen LogP contribution in [-0.4, -0.2) is 19.3 Å². The number of nitrogens with one attached hydrogen (secondary N) is 1. The van der Waals surface area contributed by atoms with Crippen LogP contribution in [0.2, 0.25) is 0 Å². The Hall–Kier alpha value is -1.91. The molecule has 0 saturated carbocycles. The number of aromatic nitrogens is 1. The summed E-state index contributed by atoms with van der Waals surface area (Å²) in [5.41, 5.74) is 0.389. The number of benzene rings is 1. The summed E-state index contributed by atoms with van der Waals surface area (Å²) >= 11 is 0.676. The lowest BCUT2D eigenvalue weighted by atomic mass is 10.2. The second-order valence-electron chi connectivity index (χ2n) is 4.30. The molecule has 1 heterocycles. The molecule has 6 nitrogen and oxygen atoms in total. The van der Waals surface area contributed by atoms with E-state index in [9.17, 15) is 22.0 Å². The van der Waals surface area contributed by atoms with Gasteiger partial charge in [0.25, 0.3) is 6.43 Å². The molecule has 0 aliphatic carbocycles. The lowest BCUT2D eigenvalue weighted by Gasteiger charge is -2.09. The zero-order valence-electron chi connectivity index (χ0n) is 11.2. The minimum absolute atomic E-state index is 0.154. The number of nitrogens with zero attached hydrogens (tertiary/aromatic N) is 1. The number of hydrogen-bond acceptors (Lipinski definition) is 5. The van der Waals surface area contributed by atoms with E-state index in [4.69, 9.17) is 5.14 Å². The van der Waals surface area contributed by atoms with Crippen LogP contribution < -0.4 is 10.5 Å². The van der Waals surface area contributed by atoms with Gasteiger partial charge in [-0.3, -0.25) is 4.79 Å². The molecule has 0 spiro atoms. The third kappa shape index (κ3) is 3.64. The third-order valence-corrected chi connectivity index (χ3v) is 4.57. The second kappa shape index (κ2) is 6.07. The van der Waals surface area contributed by atoms with Crippen LogP contribution in [0.3, 0.4) is 0 Å². The summed E-state index contributed by atoms with van der Waals surface area (Å²) in [5.74, 6) is -0.383. The number of halogens is 2. The van der Waals surface area contributed by atoms with Crippen molar-refractivity contribution in [2.24, 2.45) is 5.14 Å². The lowest BCUT2D eigenvalue weighted by Crippen LogP contribution is -2.14. The summed E-state index contributed by atoms with van der Waals surface area (Å²) in [4.78, 5) is 14.5. The highest BCUT2D eigenvalue weighted by atomic mass is 32.2. The van der Waals surface area contributed by atoms with E-state index in [1.54, 1.807) is 0 Å². The first-order valence-corrected chi connectivity index (χ1v) is 8.23. The first-order chi connectivity index (χ1) is 10.2. The van der Waals surface area contributed by atoms with Crippen LogP contribution in [0.5, 0.6) is 0 Å². The van der Waals surface area contributed by atoms with Crippen molar-refractivity contribution in [1.29, 1.82) is 0 Å². The molecule has 2 aromatic rings. The highest BCUT2D eigenvalue weighted by Gasteiger charge is 2.20. The fraction of sp³-hybridized carbons (Fsp3) is 0.167. The van der Waals surface area contributed by atoms with Crippen LogP contribution >= 0.6 is 11.3 Å². The molecule has 1 aromatic carbocycles. The van der Waals surface area contributed by atoms with E-state index in [0.29, 0.717) is 11.3 Å². The molecule has 2 rings (SSSR count). The van der Waals surface area contributed by atoms with Gasteiger partial charge in [0.2, 0.25) is 15.9 Å². The second-order valence-corrected chi connectivity index (χ2v) is 6.89. The van der Waals surface area contributed by atoms with Gasteiger partial charge in [0, 0.05) is 24.4 Å². The van der Waals surface area contributed by atoms with Gasteiger partial charge in [-0.2, -0.15) is 0 Å². The van der Waals surface area contributed by atoms with Crippen molar-refractivity contribution in [2.75, 3.05) is 5.32 Å². The molecule has 10 heteroatoms. The number of sulfonamides is 1. The van der Waals surface area contributed by atoms with E-state index < -0.39 is 21.5 Å². The first kappa shape index (κ1) is 16.5. The standard InChI is InChI=1S/C12H11F2N3O3S2/c1-6(18)17-7-2-3-8(10(4-7)22(15,19)20)9-5-16-12(21-9)11(13)14/h2-5,11H,1H3,(H,17,18)(H2,15,19,20). The molecule has 3 N–H and O–H groups in total. The summed E-state index contributed by atoms with van der Waals surface area (Å²) in [5, 5.41) is 7.17. The molecule has 1 aromatic heterocycles. The molecule has 0 bridgehead atoms. The maximum Gasteiger partial charge on any atom is 0.289 e. The molecule has 22 heavy (non-hydrogen) atoms. The number of carbonyl (C=O) groups is 1. The minimum atomic E-state index is -4.11. The van der Waals surface area contributed by atoms with Gasteiger partial charge in [-0.25, -0.2) is 27.3 Å². The smallest absolute Gasteiger partial charge is 0.289 e. The number of primary sulfonamides is 1. The normalized spacial score (nSPS) is 11.7. The maximum atomic E-state index is 12.6. The quantitative estimate of drug-likeness (QED) is 0.886. The summed E-state index contributed by atoms with van der Waals surface area (Å²) in [7, 11) is -4.11.